The summed E-state index contributed by atoms with van der Waals surface area (Å²) in [5, 5.41) is 8.19. The molecule has 5 nitrogen and oxygen atoms in total. The quantitative estimate of drug-likeness (QED) is 0.748. The van der Waals surface area contributed by atoms with E-state index in [9.17, 15) is 0 Å². The molecule has 1 aromatic heterocycles. The second-order valence-corrected chi connectivity index (χ2v) is 6.98. The molecule has 1 N–H and O–H groups in total. The van der Waals surface area contributed by atoms with Crippen molar-refractivity contribution < 1.29 is 9.47 Å². The van der Waals surface area contributed by atoms with Gasteiger partial charge in [0.2, 0.25) is 0 Å². The Morgan fingerprint density at radius 3 is 2.59 bits per heavy atom. The molecule has 5 heteroatoms. The van der Waals surface area contributed by atoms with Gasteiger partial charge in [0, 0.05) is 43.9 Å². The molecule has 2 aromatic carbocycles. The number of benzene rings is 2. The van der Waals surface area contributed by atoms with Gasteiger partial charge in [-0.2, -0.15) is 5.10 Å². The minimum Gasteiger partial charge on any atom is -0.490 e. The smallest absolute Gasteiger partial charge is 0.161 e. The predicted molar refractivity (Wildman–Crippen MR) is 106 cm³/mol. The summed E-state index contributed by atoms with van der Waals surface area (Å²) in [6, 6.07) is 14.7. The zero-order valence-corrected chi connectivity index (χ0v) is 15.9. The highest BCUT2D eigenvalue weighted by molar-refractivity contribution is 5.66. The van der Waals surface area contributed by atoms with Gasteiger partial charge in [-0.3, -0.25) is 4.68 Å². The standard InChI is InChI=1S/C22H25N3O2/c1-16-4-6-17(7-5-16)13-23-14-19-15-25(2)24-22(19)18-8-9-20-21(12-18)27-11-3-10-26-20/h4-9,12,15,23H,3,10-11,13-14H2,1-2H3. The number of hydrogen-bond acceptors (Lipinski definition) is 4. The summed E-state index contributed by atoms with van der Waals surface area (Å²) in [4.78, 5) is 0. The highest BCUT2D eigenvalue weighted by Gasteiger charge is 2.15. The van der Waals surface area contributed by atoms with E-state index in [1.807, 2.05) is 23.9 Å². The third kappa shape index (κ3) is 4.14. The number of ether oxygens (including phenoxy) is 2. The number of fused-ring (bicyclic) bond motifs is 1. The van der Waals surface area contributed by atoms with Gasteiger partial charge in [-0.1, -0.05) is 29.8 Å². The van der Waals surface area contributed by atoms with Gasteiger partial charge in [-0.25, -0.2) is 0 Å². The van der Waals surface area contributed by atoms with E-state index in [-0.39, 0.29) is 0 Å². The summed E-state index contributed by atoms with van der Waals surface area (Å²) in [5.74, 6) is 1.61. The van der Waals surface area contributed by atoms with E-state index in [2.05, 4.69) is 53.9 Å². The van der Waals surface area contributed by atoms with Gasteiger partial charge >= 0.3 is 0 Å². The lowest BCUT2D eigenvalue weighted by molar-refractivity contribution is 0.297. The van der Waals surface area contributed by atoms with E-state index < -0.39 is 0 Å². The Morgan fingerprint density at radius 1 is 1.00 bits per heavy atom. The fourth-order valence-corrected chi connectivity index (χ4v) is 3.27. The zero-order valence-electron chi connectivity index (χ0n) is 15.9. The molecular weight excluding hydrogens is 338 g/mol. The van der Waals surface area contributed by atoms with Crippen LogP contribution < -0.4 is 14.8 Å². The normalized spacial score (nSPS) is 13.4. The summed E-state index contributed by atoms with van der Waals surface area (Å²) in [6.45, 7) is 5.07. The second kappa shape index (κ2) is 7.84. The van der Waals surface area contributed by atoms with Crippen molar-refractivity contribution in [2.75, 3.05) is 13.2 Å². The molecule has 0 spiro atoms. The van der Waals surface area contributed by atoms with Gasteiger partial charge in [0.25, 0.3) is 0 Å². The Kier molecular flexibility index (Phi) is 5.12. The van der Waals surface area contributed by atoms with Gasteiger partial charge < -0.3 is 14.8 Å². The maximum atomic E-state index is 5.83. The highest BCUT2D eigenvalue weighted by atomic mass is 16.5. The van der Waals surface area contributed by atoms with Crippen molar-refractivity contribution in [3.8, 4) is 22.8 Å². The van der Waals surface area contributed by atoms with Crippen LogP contribution in [0.4, 0.5) is 0 Å². The third-order valence-electron chi connectivity index (χ3n) is 4.69. The van der Waals surface area contributed by atoms with Crippen LogP contribution in [0.1, 0.15) is 23.1 Å². The van der Waals surface area contributed by atoms with Crippen LogP contribution in [0.2, 0.25) is 0 Å². The predicted octanol–water partition coefficient (Wildman–Crippen LogP) is 3.85. The van der Waals surface area contributed by atoms with E-state index in [0.717, 1.165) is 42.3 Å². The maximum Gasteiger partial charge on any atom is 0.161 e. The number of rotatable bonds is 5. The van der Waals surface area contributed by atoms with Crippen molar-refractivity contribution in [1.82, 2.24) is 15.1 Å². The molecule has 3 aromatic rings. The Morgan fingerprint density at radius 2 is 1.78 bits per heavy atom. The Bertz CT molecular complexity index is 916. The highest BCUT2D eigenvalue weighted by Crippen LogP contribution is 2.34. The molecule has 4 rings (SSSR count). The molecule has 27 heavy (non-hydrogen) atoms. The molecule has 0 aliphatic carbocycles. The minimum absolute atomic E-state index is 0.684. The second-order valence-electron chi connectivity index (χ2n) is 6.98. The molecular formula is C22H25N3O2. The molecule has 0 atom stereocenters. The summed E-state index contributed by atoms with van der Waals surface area (Å²) in [6.07, 6.45) is 2.97. The molecule has 0 fully saturated rings. The van der Waals surface area contributed by atoms with Gasteiger partial charge in [-0.05, 0) is 30.7 Å². The van der Waals surface area contributed by atoms with Crippen molar-refractivity contribution >= 4 is 0 Å². The van der Waals surface area contributed by atoms with Crippen LogP contribution in [0.25, 0.3) is 11.3 Å². The van der Waals surface area contributed by atoms with E-state index in [1.165, 1.54) is 16.7 Å². The molecule has 1 aliphatic heterocycles. The topological polar surface area (TPSA) is 48.3 Å². The van der Waals surface area contributed by atoms with Crippen molar-refractivity contribution in [3.63, 3.8) is 0 Å². The molecule has 140 valence electrons. The van der Waals surface area contributed by atoms with Crippen LogP contribution in [0.5, 0.6) is 11.5 Å². The van der Waals surface area contributed by atoms with Crippen LogP contribution in [-0.2, 0) is 20.1 Å². The van der Waals surface area contributed by atoms with E-state index in [1.54, 1.807) is 0 Å². The lowest BCUT2D eigenvalue weighted by Crippen LogP contribution is -2.12. The number of nitrogens with one attached hydrogen (secondary N) is 1. The number of hydrogen-bond donors (Lipinski definition) is 1. The largest absolute Gasteiger partial charge is 0.490 e. The maximum absolute atomic E-state index is 5.83. The van der Waals surface area contributed by atoms with Crippen LogP contribution in [0.15, 0.2) is 48.7 Å². The minimum atomic E-state index is 0.684. The molecule has 0 bridgehead atoms. The van der Waals surface area contributed by atoms with Crippen molar-refractivity contribution in [2.24, 2.45) is 7.05 Å². The first-order chi connectivity index (χ1) is 13.2. The van der Waals surface area contributed by atoms with E-state index in [0.29, 0.717) is 13.2 Å². The first-order valence-corrected chi connectivity index (χ1v) is 9.38. The molecule has 0 radical (unpaired) electrons. The fourth-order valence-electron chi connectivity index (χ4n) is 3.27. The zero-order chi connectivity index (χ0) is 18.6. The SMILES string of the molecule is Cc1ccc(CNCc2cn(C)nc2-c2ccc3c(c2)OCCCO3)cc1. The van der Waals surface area contributed by atoms with Gasteiger partial charge in [-0.15, -0.1) is 0 Å². The van der Waals surface area contributed by atoms with E-state index in [4.69, 9.17) is 9.47 Å². The average Bonchev–Trinajstić information content (AvgIpc) is 2.89. The molecule has 0 amide bonds. The molecule has 0 saturated carbocycles. The van der Waals surface area contributed by atoms with Crippen LogP contribution in [0.3, 0.4) is 0 Å². The van der Waals surface area contributed by atoms with Crippen molar-refractivity contribution in [1.29, 1.82) is 0 Å². The molecule has 2 heterocycles. The van der Waals surface area contributed by atoms with Crippen LogP contribution in [0, 0.1) is 6.92 Å². The lowest BCUT2D eigenvalue weighted by atomic mass is 10.1. The summed E-state index contributed by atoms with van der Waals surface area (Å²) < 4.78 is 13.4. The van der Waals surface area contributed by atoms with E-state index >= 15 is 0 Å². The first-order valence-electron chi connectivity index (χ1n) is 9.38. The molecule has 0 saturated heterocycles. The molecule has 0 unspecified atom stereocenters. The number of aromatic nitrogens is 2. The van der Waals surface area contributed by atoms with Gasteiger partial charge in [0.15, 0.2) is 11.5 Å². The summed E-state index contributed by atoms with van der Waals surface area (Å²) in [7, 11) is 1.95. The monoisotopic (exact) mass is 363 g/mol. The summed E-state index contributed by atoms with van der Waals surface area (Å²) >= 11 is 0. The Balaban J connectivity index is 1.51. The van der Waals surface area contributed by atoms with Crippen molar-refractivity contribution in [2.45, 2.75) is 26.4 Å². The van der Waals surface area contributed by atoms with Gasteiger partial charge in [0.1, 0.15) is 0 Å². The Hall–Kier alpha value is -2.79. The Labute approximate surface area is 159 Å². The lowest BCUT2D eigenvalue weighted by Gasteiger charge is -2.10. The van der Waals surface area contributed by atoms with Crippen molar-refractivity contribution in [3.05, 3.63) is 65.4 Å². The first kappa shape index (κ1) is 17.6. The van der Waals surface area contributed by atoms with Crippen LogP contribution >= 0.6 is 0 Å². The van der Waals surface area contributed by atoms with Gasteiger partial charge in [0.05, 0.1) is 18.9 Å². The third-order valence-corrected chi connectivity index (χ3v) is 4.69. The fraction of sp³-hybridized carbons (Fsp3) is 0.318. The average molecular weight is 363 g/mol. The molecule has 1 aliphatic rings. The number of nitrogens with zero attached hydrogens (tertiary/aromatic N) is 2. The van der Waals surface area contributed by atoms with Crippen LogP contribution in [-0.4, -0.2) is 23.0 Å². The number of aryl methyl sites for hydroxylation is 2. The summed E-state index contributed by atoms with van der Waals surface area (Å²) in [5.41, 5.74) is 5.75.